The zero-order valence-corrected chi connectivity index (χ0v) is 22.1. The van der Waals surface area contributed by atoms with Gasteiger partial charge in [0.15, 0.2) is 5.82 Å². The first-order chi connectivity index (χ1) is 19.9. The van der Waals surface area contributed by atoms with Crippen LogP contribution in [0.1, 0.15) is 11.1 Å². The van der Waals surface area contributed by atoms with Gasteiger partial charge in [0.1, 0.15) is 11.8 Å². The van der Waals surface area contributed by atoms with Crippen molar-refractivity contribution in [1.29, 1.82) is 0 Å². The molecule has 0 saturated heterocycles. The lowest BCUT2D eigenvalue weighted by Crippen LogP contribution is -2.32. The van der Waals surface area contributed by atoms with E-state index in [1.165, 1.54) is 23.9 Å². The van der Waals surface area contributed by atoms with Gasteiger partial charge < -0.3 is 20.5 Å². The van der Waals surface area contributed by atoms with Crippen molar-refractivity contribution in [3.63, 3.8) is 0 Å². The van der Waals surface area contributed by atoms with Gasteiger partial charge in [0.25, 0.3) is 0 Å². The van der Waals surface area contributed by atoms with Gasteiger partial charge in [-0.25, -0.2) is 4.79 Å². The number of hydrogen-bond donors (Lipinski definition) is 3. The van der Waals surface area contributed by atoms with Crippen LogP contribution in [0.5, 0.6) is 5.75 Å². The summed E-state index contributed by atoms with van der Waals surface area (Å²) in [5.74, 6) is -1.40. The van der Waals surface area contributed by atoms with E-state index in [9.17, 15) is 36.2 Å². The second-order valence-electron chi connectivity index (χ2n) is 8.61. The van der Waals surface area contributed by atoms with Crippen LogP contribution >= 0.6 is 11.8 Å². The molecule has 220 valence electrons. The van der Waals surface area contributed by atoms with E-state index in [1.807, 2.05) is 30.3 Å². The molecule has 0 aliphatic rings. The highest BCUT2D eigenvalue weighted by atomic mass is 32.2. The van der Waals surface area contributed by atoms with Gasteiger partial charge in [-0.15, -0.1) is 13.2 Å². The Labute approximate surface area is 239 Å². The first-order valence-electron chi connectivity index (χ1n) is 12.0. The highest BCUT2D eigenvalue weighted by Gasteiger charge is 2.31. The molecule has 0 saturated carbocycles. The molecule has 1 atom stereocenters. The summed E-state index contributed by atoms with van der Waals surface area (Å²) in [6.07, 6.45) is -9.43. The predicted octanol–water partition coefficient (Wildman–Crippen LogP) is 7.00. The molecule has 0 fully saturated rings. The van der Waals surface area contributed by atoms with E-state index >= 15 is 0 Å². The fraction of sp³-hybridized carbons (Fsp3) is 0.185. The van der Waals surface area contributed by atoms with Gasteiger partial charge in [-0.2, -0.15) is 39.9 Å². The lowest BCUT2D eigenvalue weighted by Gasteiger charge is -2.16. The first kappa shape index (κ1) is 30.4. The van der Waals surface area contributed by atoms with Gasteiger partial charge in [0, 0.05) is 22.8 Å². The fourth-order valence-electron chi connectivity index (χ4n) is 3.50. The van der Waals surface area contributed by atoms with Gasteiger partial charge in [-0.1, -0.05) is 30.3 Å². The number of aliphatic carboxylic acids is 1. The number of hydrogen-bond acceptors (Lipinski definition) is 8. The second-order valence-corrected chi connectivity index (χ2v) is 9.64. The number of carbonyl (C=O) groups is 1. The molecule has 1 heterocycles. The van der Waals surface area contributed by atoms with Gasteiger partial charge in [0.2, 0.25) is 11.9 Å². The Bertz CT molecular complexity index is 1490. The van der Waals surface area contributed by atoms with Crippen molar-refractivity contribution in [2.75, 3.05) is 16.4 Å². The largest absolute Gasteiger partial charge is 0.573 e. The minimum atomic E-state index is -4.89. The maximum Gasteiger partial charge on any atom is 0.573 e. The zero-order chi connectivity index (χ0) is 30.3. The Morgan fingerprint density at radius 2 is 1.50 bits per heavy atom. The summed E-state index contributed by atoms with van der Waals surface area (Å²) in [4.78, 5) is 24.6. The number of rotatable bonds is 11. The summed E-state index contributed by atoms with van der Waals surface area (Å²) < 4.78 is 80.4. The lowest BCUT2D eigenvalue weighted by molar-refractivity contribution is -0.274. The minimum Gasteiger partial charge on any atom is -0.480 e. The predicted molar refractivity (Wildman–Crippen MR) is 144 cm³/mol. The SMILES string of the molecule is O=C(O)[C@H](CSCc1ccccc1)Nc1nc(Nc2ccc(C(F)(F)F)cc2)nc(-c2ccc(OC(F)(F)F)cc2)n1. The van der Waals surface area contributed by atoms with Crippen LogP contribution in [0.3, 0.4) is 0 Å². The molecule has 0 radical (unpaired) electrons. The molecule has 42 heavy (non-hydrogen) atoms. The molecular formula is C27H21F6N5O3S. The lowest BCUT2D eigenvalue weighted by atomic mass is 10.2. The summed E-state index contributed by atoms with van der Waals surface area (Å²) in [5, 5.41) is 15.3. The number of thioether (sulfide) groups is 1. The van der Waals surface area contributed by atoms with Crippen LogP contribution in [0.2, 0.25) is 0 Å². The number of carboxylic acids is 1. The maximum atomic E-state index is 12.9. The first-order valence-corrected chi connectivity index (χ1v) is 13.2. The fourth-order valence-corrected chi connectivity index (χ4v) is 4.51. The van der Waals surface area contributed by atoms with Gasteiger partial charge in [-0.3, -0.25) is 0 Å². The van der Waals surface area contributed by atoms with Crippen molar-refractivity contribution >= 4 is 35.3 Å². The van der Waals surface area contributed by atoms with E-state index in [-0.39, 0.29) is 34.7 Å². The van der Waals surface area contributed by atoms with Crippen molar-refractivity contribution in [3.8, 4) is 17.1 Å². The minimum absolute atomic E-state index is 0.0541. The maximum absolute atomic E-state index is 12.9. The van der Waals surface area contributed by atoms with E-state index in [2.05, 4.69) is 30.3 Å². The molecule has 0 amide bonds. The van der Waals surface area contributed by atoms with Crippen LogP contribution in [0.15, 0.2) is 78.9 Å². The molecule has 15 heteroatoms. The third-order valence-electron chi connectivity index (χ3n) is 5.45. The quantitative estimate of drug-likeness (QED) is 0.155. The Morgan fingerprint density at radius 3 is 2.10 bits per heavy atom. The van der Waals surface area contributed by atoms with Crippen LogP contribution in [0, 0.1) is 0 Å². The number of aromatic nitrogens is 3. The Balaban J connectivity index is 1.59. The standard InChI is InChI=1S/C27H21F6N5O3S/c28-26(29,30)18-8-10-19(11-9-18)34-24-36-22(17-6-12-20(13-7-17)41-27(31,32)33)37-25(38-24)35-21(23(39)40)15-42-14-16-4-2-1-3-5-16/h1-13,21H,14-15H2,(H,39,40)(H2,34,35,36,37,38)/t21-/m0/s1. The van der Waals surface area contributed by atoms with E-state index in [0.717, 1.165) is 42.0 Å². The van der Waals surface area contributed by atoms with Crippen molar-refractivity contribution in [3.05, 3.63) is 90.0 Å². The van der Waals surface area contributed by atoms with Crippen LogP contribution < -0.4 is 15.4 Å². The number of anilines is 3. The zero-order valence-electron chi connectivity index (χ0n) is 21.3. The number of alkyl halides is 6. The Hall–Kier alpha value is -4.53. The van der Waals surface area contributed by atoms with Crippen LogP contribution in [0.25, 0.3) is 11.4 Å². The normalized spacial score (nSPS) is 12.4. The molecule has 0 aliphatic carbocycles. The van der Waals surface area contributed by atoms with Crippen LogP contribution in [-0.2, 0) is 16.7 Å². The van der Waals surface area contributed by atoms with E-state index in [1.54, 1.807) is 0 Å². The number of carboxylic acid groups (broad SMARTS) is 1. The third-order valence-corrected chi connectivity index (χ3v) is 6.55. The van der Waals surface area contributed by atoms with Gasteiger partial charge in [-0.05, 0) is 54.1 Å². The molecule has 1 aromatic heterocycles. The van der Waals surface area contributed by atoms with Crippen molar-refractivity contribution in [2.24, 2.45) is 0 Å². The molecule has 3 aromatic carbocycles. The summed E-state index contributed by atoms with van der Waals surface area (Å²) >= 11 is 1.35. The number of nitrogens with one attached hydrogen (secondary N) is 2. The monoisotopic (exact) mass is 609 g/mol. The van der Waals surface area contributed by atoms with Crippen LogP contribution in [0.4, 0.5) is 43.9 Å². The number of benzene rings is 3. The number of halogens is 6. The topological polar surface area (TPSA) is 109 Å². The Kier molecular flexibility index (Phi) is 9.40. The molecule has 0 aliphatic heterocycles. The molecule has 8 nitrogen and oxygen atoms in total. The summed E-state index contributed by atoms with van der Waals surface area (Å²) in [5.41, 5.74) is 0.546. The molecule has 4 aromatic rings. The number of nitrogens with zero attached hydrogens (tertiary/aromatic N) is 3. The highest BCUT2D eigenvalue weighted by molar-refractivity contribution is 7.98. The van der Waals surface area contributed by atoms with E-state index < -0.39 is 35.9 Å². The molecule has 4 rings (SSSR count). The molecular weight excluding hydrogens is 588 g/mol. The van der Waals surface area contributed by atoms with E-state index in [0.29, 0.717) is 5.75 Å². The average molecular weight is 610 g/mol. The third kappa shape index (κ3) is 8.99. The average Bonchev–Trinajstić information content (AvgIpc) is 2.92. The molecule has 3 N–H and O–H groups in total. The smallest absolute Gasteiger partial charge is 0.480 e. The second kappa shape index (κ2) is 13.0. The molecule has 0 unspecified atom stereocenters. The van der Waals surface area contributed by atoms with Gasteiger partial charge >= 0.3 is 18.5 Å². The summed E-state index contributed by atoms with van der Waals surface area (Å²) in [6, 6.07) is 16.9. The van der Waals surface area contributed by atoms with Gasteiger partial charge in [0.05, 0.1) is 5.56 Å². The van der Waals surface area contributed by atoms with Crippen molar-refractivity contribution < 1.29 is 41.0 Å². The summed E-state index contributed by atoms with van der Waals surface area (Å²) in [7, 11) is 0. The highest BCUT2D eigenvalue weighted by Crippen LogP contribution is 2.31. The van der Waals surface area contributed by atoms with Crippen LogP contribution in [-0.4, -0.2) is 44.2 Å². The molecule has 0 spiro atoms. The van der Waals surface area contributed by atoms with E-state index in [4.69, 9.17) is 0 Å². The molecule has 0 bridgehead atoms. The van der Waals surface area contributed by atoms with Crippen molar-refractivity contribution in [2.45, 2.75) is 24.3 Å². The summed E-state index contributed by atoms with van der Waals surface area (Å²) in [6.45, 7) is 0. The Morgan fingerprint density at radius 1 is 0.857 bits per heavy atom. The number of ether oxygens (including phenoxy) is 1. The van der Waals surface area contributed by atoms with Crippen molar-refractivity contribution in [1.82, 2.24) is 15.0 Å².